The largest absolute Gasteiger partial charge is 0.466 e. The number of methoxy groups -OCH3 is 2. The van der Waals surface area contributed by atoms with Crippen molar-refractivity contribution in [1.29, 1.82) is 0 Å². The van der Waals surface area contributed by atoms with E-state index in [0.29, 0.717) is 12.0 Å². The first-order valence-electron chi connectivity index (χ1n) is 5.67. The van der Waals surface area contributed by atoms with Gasteiger partial charge in [-0.05, 0) is 6.42 Å². The minimum Gasteiger partial charge on any atom is -0.466 e. The van der Waals surface area contributed by atoms with Gasteiger partial charge in [0, 0.05) is 18.6 Å². The molecule has 3 aliphatic carbocycles. The molecule has 0 spiro atoms. The Bertz CT molecular complexity index is 493. The Kier molecular flexibility index (Phi) is 2.16. The highest BCUT2D eigenvalue weighted by Gasteiger charge is 2.70. The molecule has 0 N–H and O–H groups in total. The summed E-state index contributed by atoms with van der Waals surface area (Å²) < 4.78 is 15.0. The Morgan fingerprint density at radius 1 is 1.44 bits per heavy atom. The molecule has 2 fully saturated rings. The molecule has 1 saturated carbocycles. The van der Waals surface area contributed by atoms with Crippen LogP contribution in [-0.2, 0) is 28.6 Å². The number of hydrogen-bond donors (Lipinski definition) is 0. The van der Waals surface area contributed by atoms with Crippen LogP contribution in [0, 0.1) is 17.8 Å². The fourth-order valence-corrected chi connectivity index (χ4v) is 3.23. The fraction of sp³-hybridized carbons (Fsp3) is 0.583. The van der Waals surface area contributed by atoms with Crippen molar-refractivity contribution in [3.05, 3.63) is 11.6 Å². The van der Waals surface area contributed by atoms with E-state index in [1.54, 1.807) is 6.08 Å². The SMILES string of the molecule is COC(=O)C1=CC2CC3C(=O)OC(OC)(C2=O)C13. The van der Waals surface area contributed by atoms with Crippen LogP contribution in [0.25, 0.3) is 0 Å². The van der Waals surface area contributed by atoms with Gasteiger partial charge in [0.05, 0.1) is 18.9 Å². The van der Waals surface area contributed by atoms with E-state index < -0.39 is 35.5 Å². The number of Topliss-reactive ketones (excluding diaryl/α,β-unsaturated/α-hetero) is 1. The van der Waals surface area contributed by atoms with E-state index in [0.717, 1.165) is 0 Å². The number of hydrogen-bond acceptors (Lipinski definition) is 6. The molecule has 96 valence electrons. The second-order valence-corrected chi connectivity index (χ2v) is 4.70. The fourth-order valence-electron chi connectivity index (χ4n) is 3.23. The monoisotopic (exact) mass is 252 g/mol. The van der Waals surface area contributed by atoms with Gasteiger partial charge < -0.3 is 14.2 Å². The molecule has 0 aromatic heterocycles. The molecule has 0 radical (unpaired) electrons. The van der Waals surface area contributed by atoms with Gasteiger partial charge in [0.1, 0.15) is 0 Å². The smallest absolute Gasteiger partial charge is 0.334 e. The summed E-state index contributed by atoms with van der Waals surface area (Å²) in [6, 6.07) is 0. The molecule has 0 amide bonds. The highest BCUT2D eigenvalue weighted by atomic mass is 16.7. The van der Waals surface area contributed by atoms with Crippen molar-refractivity contribution in [1.82, 2.24) is 0 Å². The van der Waals surface area contributed by atoms with Gasteiger partial charge in [-0.25, -0.2) is 4.79 Å². The average Bonchev–Trinajstić information content (AvgIpc) is 2.65. The molecule has 18 heavy (non-hydrogen) atoms. The predicted molar refractivity (Wildman–Crippen MR) is 56.0 cm³/mol. The Hall–Kier alpha value is -1.69. The Morgan fingerprint density at radius 3 is 2.78 bits per heavy atom. The first-order valence-corrected chi connectivity index (χ1v) is 5.67. The van der Waals surface area contributed by atoms with E-state index in [9.17, 15) is 14.4 Å². The van der Waals surface area contributed by atoms with E-state index in [1.807, 2.05) is 0 Å². The minimum absolute atomic E-state index is 0.287. The standard InChI is InChI=1S/C12H12O6/c1-16-10(14)6-3-5-4-7-8(6)12(17-2,9(5)13)18-11(7)15/h3,5,7-8H,4H2,1-2H3. The third-order valence-corrected chi connectivity index (χ3v) is 3.99. The lowest BCUT2D eigenvalue weighted by Gasteiger charge is -2.42. The van der Waals surface area contributed by atoms with E-state index in [2.05, 4.69) is 4.74 Å². The number of esters is 2. The molecular weight excluding hydrogens is 240 g/mol. The van der Waals surface area contributed by atoms with Crippen LogP contribution in [0.4, 0.5) is 0 Å². The van der Waals surface area contributed by atoms with Gasteiger partial charge in [0.15, 0.2) is 0 Å². The molecule has 4 aliphatic rings. The lowest BCUT2D eigenvalue weighted by Crippen LogP contribution is -2.57. The van der Waals surface area contributed by atoms with Crippen LogP contribution in [0.2, 0.25) is 0 Å². The van der Waals surface area contributed by atoms with Gasteiger partial charge in [-0.15, -0.1) is 0 Å². The lowest BCUT2D eigenvalue weighted by molar-refractivity contribution is -0.217. The van der Waals surface area contributed by atoms with Crippen molar-refractivity contribution in [2.24, 2.45) is 17.8 Å². The maximum Gasteiger partial charge on any atom is 0.334 e. The average molecular weight is 252 g/mol. The number of carbonyl (C=O) groups excluding carboxylic acids is 3. The van der Waals surface area contributed by atoms with Crippen LogP contribution in [0.3, 0.4) is 0 Å². The maximum absolute atomic E-state index is 12.2. The number of allylic oxidation sites excluding steroid dienone is 1. The molecule has 6 nitrogen and oxygen atoms in total. The van der Waals surface area contributed by atoms with Crippen molar-refractivity contribution >= 4 is 17.7 Å². The summed E-state index contributed by atoms with van der Waals surface area (Å²) in [6.07, 6.45) is 1.96. The van der Waals surface area contributed by atoms with Crippen molar-refractivity contribution < 1.29 is 28.6 Å². The van der Waals surface area contributed by atoms with Crippen LogP contribution >= 0.6 is 0 Å². The van der Waals surface area contributed by atoms with Crippen LogP contribution in [0.5, 0.6) is 0 Å². The van der Waals surface area contributed by atoms with Gasteiger partial charge in [0.25, 0.3) is 5.79 Å². The zero-order chi connectivity index (χ0) is 13.1. The molecule has 4 bridgehead atoms. The van der Waals surface area contributed by atoms with Gasteiger partial charge in [0.2, 0.25) is 5.78 Å². The van der Waals surface area contributed by atoms with Gasteiger partial charge in [-0.1, -0.05) is 6.08 Å². The predicted octanol–water partition coefficient (Wildman–Crippen LogP) is -0.180. The summed E-state index contributed by atoms with van der Waals surface area (Å²) >= 11 is 0. The second-order valence-electron chi connectivity index (χ2n) is 4.70. The summed E-state index contributed by atoms with van der Waals surface area (Å²) in [6.45, 7) is 0. The second kappa shape index (κ2) is 3.41. The zero-order valence-corrected chi connectivity index (χ0v) is 9.97. The van der Waals surface area contributed by atoms with Crippen molar-refractivity contribution in [3.63, 3.8) is 0 Å². The van der Waals surface area contributed by atoms with Gasteiger partial charge in [-0.2, -0.15) is 0 Å². The molecule has 1 saturated heterocycles. The topological polar surface area (TPSA) is 78.9 Å². The number of ether oxygens (including phenoxy) is 3. The minimum atomic E-state index is -1.62. The third-order valence-electron chi connectivity index (χ3n) is 3.99. The van der Waals surface area contributed by atoms with Gasteiger partial charge in [-0.3, -0.25) is 9.59 Å². The summed E-state index contributed by atoms with van der Waals surface area (Å²) in [5, 5.41) is 0. The Balaban J connectivity index is 2.15. The molecule has 0 aromatic rings. The summed E-state index contributed by atoms with van der Waals surface area (Å²) in [5.41, 5.74) is 0.311. The number of ketones is 1. The first-order chi connectivity index (χ1) is 8.55. The molecule has 4 rings (SSSR count). The van der Waals surface area contributed by atoms with Crippen LogP contribution in [0.15, 0.2) is 11.6 Å². The molecule has 0 aromatic carbocycles. The van der Waals surface area contributed by atoms with Crippen molar-refractivity contribution in [2.45, 2.75) is 12.2 Å². The maximum atomic E-state index is 12.2. The summed E-state index contributed by atoms with van der Waals surface area (Å²) in [7, 11) is 2.57. The highest BCUT2D eigenvalue weighted by Crippen LogP contribution is 2.55. The van der Waals surface area contributed by atoms with E-state index >= 15 is 0 Å². The van der Waals surface area contributed by atoms with E-state index in [-0.39, 0.29) is 5.78 Å². The zero-order valence-electron chi connectivity index (χ0n) is 9.97. The van der Waals surface area contributed by atoms with Gasteiger partial charge >= 0.3 is 11.9 Å². The summed E-state index contributed by atoms with van der Waals surface area (Å²) in [5.74, 6) is -4.62. The molecule has 6 heteroatoms. The molecule has 4 atom stereocenters. The van der Waals surface area contributed by atoms with E-state index in [1.165, 1.54) is 14.2 Å². The Labute approximate surface area is 103 Å². The highest BCUT2D eigenvalue weighted by molar-refractivity contribution is 6.04. The molecule has 1 aliphatic heterocycles. The van der Waals surface area contributed by atoms with Crippen LogP contribution in [0.1, 0.15) is 6.42 Å². The normalized spacial score (nSPS) is 40.6. The lowest BCUT2D eigenvalue weighted by atomic mass is 9.63. The van der Waals surface area contributed by atoms with Crippen LogP contribution in [-0.4, -0.2) is 37.7 Å². The molecule has 4 unspecified atom stereocenters. The first kappa shape index (κ1) is 11.4. The molecule has 1 heterocycles. The Morgan fingerprint density at radius 2 is 2.17 bits per heavy atom. The quantitative estimate of drug-likeness (QED) is 0.634. The molecular formula is C12H12O6. The third kappa shape index (κ3) is 1.09. The number of carbonyl (C=O) groups is 3. The summed E-state index contributed by atoms with van der Waals surface area (Å²) in [4.78, 5) is 35.7. The van der Waals surface area contributed by atoms with Crippen molar-refractivity contribution in [3.8, 4) is 0 Å². The van der Waals surface area contributed by atoms with E-state index in [4.69, 9.17) is 9.47 Å². The van der Waals surface area contributed by atoms with Crippen LogP contribution < -0.4 is 0 Å². The number of rotatable bonds is 2. The van der Waals surface area contributed by atoms with Crippen molar-refractivity contribution in [2.75, 3.05) is 14.2 Å².